The lowest BCUT2D eigenvalue weighted by Gasteiger charge is -2.20. The van der Waals surface area contributed by atoms with E-state index in [9.17, 15) is 4.79 Å². The van der Waals surface area contributed by atoms with Crippen molar-refractivity contribution in [3.8, 4) is 0 Å². The van der Waals surface area contributed by atoms with E-state index in [1.165, 1.54) is 16.7 Å². The first-order valence-corrected chi connectivity index (χ1v) is 10.5. The average molecular weight is 520 g/mol. The van der Waals surface area contributed by atoms with Gasteiger partial charge in [0, 0.05) is 39.1 Å². The van der Waals surface area contributed by atoms with Crippen molar-refractivity contribution in [2.45, 2.75) is 51.7 Å². The zero-order valence-electron chi connectivity index (χ0n) is 17.9. The van der Waals surface area contributed by atoms with Gasteiger partial charge in [0.05, 0.1) is 0 Å². The van der Waals surface area contributed by atoms with Crippen LogP contribution in [0.25, 0.3) is 0 Å². The lowest BCUT2D eigenvalue weighted by atomic mass is 10.1. The first kappa shape index (κ1) is 24.2. The van der Waals surface area contributed by atoms with Gasteiger partial charge in [-0.2, -0.15) is 0 Å². The van der Waals surface area contributed by atoms with Crippen LogP contribution in [0.5, 0.6) is 0 Å². The number of likely N-dealkylation sites (tertiary alicyclic amines) is 1. The van der Waals surface area contributed by atoms with Crippen LogP contribution in [0, 0.1) is 0 Å². The first-order valence-electron chi connectivity index (χ1n) is 10.5. The van der Waals surface area contributed by atoms with E-state index in [0.717, 1.165) is 31.8 Å². The number of carbonyl (C=O) groups is 1. The van der Waals surface area contributed by atoms with Gasteiger partial charge in [-0.3, -0.25) is 9.79 Å². The Balaban J connectivity index is 0.00000320. The van der Waals surface area contributed by atoms with Crippen LogP contribution in [0.1, 0.15) is 42.9 Å². The molecule has 1 fully saturated rings. The van der Waals surface area contributed by atoms with Gasteiger partial charge in [0.1, 0.15) is 0 Å². The largest absolute Gasteiger partial charge is 0.354 e. The van der Waals surface area contributed by atoms with Crippen molar-refractivity contribution < 1.29 is 4.79 Å². The zero-order valence-corrected chi connectivity index (χ0v) is 20.3. The highest BCUT2D eigenvalue weighted by atomic mass is 127. The summed E-state index contributed by atoms with van der Waals surface area (Å²) < 4.78 is 0. The molecule has 1 aliphatic rings. The number of hydrogen-bond acceptors (Lipinski definition) is 2. The number of aliphatic imine (C=N–C) groups is 1. The van der Waals surface area contributed by atoms with Crippen LogP contribution in [-0.2, 0) is 24.3 Å². The predicted octanol–water partition coefficient (Wildman–Crippen LogP) is 4.11. The molecule has 162 valence electrons. The highest BCUT2D eigenvalue weighted by Crippen LogP contribution is 2.17. The van der Waals surface area contributed by atoms with E-state index in [1.54, 1.807) is 7.05 Å². The predicted molar refractivity (Wildman–Crippen MR) is 134 cm³/mol. The molecule has 0 saturated carbocycles. The minimum Gasteiger partial charge on any atom is -0.354 e. The number of rotatable bonds is 8. The lowest BCUT2D eigenvalue weighted by Crippen LogP contribution is -2.42. The number of nitrogens with zero attached hydrogens (tertiary/aromatic N) is 2. The topological polar surface area (TPSA) is 56.7 Å². The molecule has 2 aromatic carbocycles. The molecule has 0 aliphatic carbocycles. The van der Waals surface area contributed by atoms with Gasteiger partial charge in [0.2, 0.25) is 5.91 Å². The van der Waals surface area contributed by atoms with Crippen LogP contribution in [0.15, 0.2) is 59.6 Å². The number of halogens is 1. The average Bonchev–Trinajstić information content (AvgIpc) is 3.15. The van der Waals surface area contributed by atoms with Crippen LogP contribution in [0.2, 0.25) is 0 Å². The van der Waals surface area contributed by atoms with E-state index in [0.29, 0.717) is 25.6 Å². The van der Waals surface area contributed by atoms with Gasteiger partial charge < -0.3 is 15.5 Å². The summed E-state index contributed by atoms with van der Waals surface area (Å²) in [5.74, 6) is 1.06. The summed E-state index contributed by atoms with van der Waals surface area (Å²) in [6.07, 6.45) is 3.73. The maximum Gasteiger partial charge on any atom is 0.222 e. The third kappa shape index (κ3) is 7.31. The Bertz CT molecular complexity index is 825. The first-order chi connectivity index (χ1) is 14.2. The van der Waals surface area contributed by atoms with Crippen molar-refractivity contribution in [2.75, 3.05) is 13.6 Å². The van der Waals surface area contributed by atoms with Gasteiger partial charge in [0.25, 0.3) is 0 Å². The van der Waals surface area contributed by atoms with E-state index in [2.05, 4.69) is 65.0 Å². The summed E-state index contributed by atoms with van der Waals surface area (Å²) in [5.41, 5.74) is 3.75. The summed E-state index contributed by atoms with van der Waals surface area (Å²) in [6, 6.07) is 19.2. The standard InChI is InChI=1S/C24H32N4O.HI/c1-19(14-15-20-9-4-3-5-10-20)27-24(25-2)26-17-21-11-6-7-12-22(21)18-28-16-8-13-23(28)29;/h3-7,9-12,19H,8,13-18H2,1-2H3,(H2,25,26,27);1H. The fourth-order valence-corrected chi connectivity index (χ4v) is 3.67. The normalized spacial score (nSPS) is 14.9. The summed E-state index contributed by atoms with van der Waals surface area (Å²) >= 11 is 0. The Morgan fingerprint density at radius 3 is 2.47 bits per heavy atom. The second-order valence-corrected chi connectivity index (χ2v) is 7.68. The van der Waals surface area contributed by atoms with Gasteiger partial charge in [0.15, 0.2) is 5.96 Å². The molecule has 0 bridgehead atoms. The molecule has 0 aromatic heterocycles. The highest BCUT2D eigenvalue weighted by molar-refractivity contribution is 14.0. The SMILES string of the molecule is CN=C(NCc1ccccc1CN1CCCC1=O)NC(C)CCc1ccccc1.I. The van der Waals surface area contributed by atoms with Crippen molar-refractivity contribution >= 4 is 35.8 Å². The molecule has 1 amide bonds. The molecular weight excluding hydrogens is 487 g/mol. The van der Waals surface area contributed by atoms with Crippen molar-refractivity contribution in [1.82, 2.24) is 15.5 Å². The Kier molecular flexibility index (Phi) is 10.1. The van der Waals surface area contributed by atoms with Crippen molar-refractivity contribution in [1.29, 1.82) is 0 Å². The Labute approximate surface area is 197 Å². The minimum atomic E-state index is 0. The van der Waals surface area contributed by atoms with Crippen LogP contribution >= 0.6 is 24.0 Å². The maximum absolute atomic E-state index is 12.0. The van der Waals surface area contributed by atoms with E-state index >= 15 is 0 Å². The van der Waals surface area contributed by atoms with E-state index in [1.807, 2.05) is 17.0 Å². The molecule has 1 atom stereocenters. The Morgan fingerprint density at radius 1 is 1.10 bits per heavy atom. The van der Waals surface area contributed by atoms with E-state index in [-0.39, 0.29) is 29.9 Å². The van der Waals surface area contributed by atoms with Gasteiger partial charge in [-0.1, -0.05) is 54.6 Å². The summed E-state index contributed by atoms with van der Waals surface area (Å²) in [5, 5.41) is 6.91. The molecule has 30 heavy (non-hydrogen) atoms. The second-order valence-electron chi connectivity index (χ2n) is 7.68. The molecule has 3 rings (SSSR count). The van der Waals surface area contributed by atoms with E-state index in [4.69, 9.17) is 0 Å². The molecule has 0 spiro atoms. The molecule has 2 aromatic rings. The van der Waals surface area contributed by atoms with Gasteiger partial charge in [-0.05, 0) is 42.9 Å². The Morgan fingerprint density at radius 2 is 1.80 bits per heavy atom. The molecule has 1 heterocycles. The number of nitrogens with one attached hydrogen (secondary N) is 2. The van der Waals surface area contributed by atoms with E-state index < -0.39 is 0 Å². The summed E-state index contributed by atoms with van der Waals surface area (Å²) in [4.78, 5) is 18.3. The van der Waals surface area contributed by atoms with Gasteiger partial charge in [-0.25, -0.2) is 0 Å². The zero-order chi connectivity index (χ0) is 20.5. The maximum atomic E-state index is 12.0. The number of aryl methyl sites for hydroxylation is 1. The molecule has 1 unspecified atom stereocenters. The quantitative estimate of drug-likeness (QED) is 0.313. The molecule has 1 aliphatic heterocycles. The van der Waals surface area contributed by atoms with Crippen LogP contribution < -0.4 is 10.6 Å². The number of amides is 1. The number of benzene rings is 2. The number of carbonyl (C=O) groups excluding carboxylic acids is 1. The number of hydrogen-bond donors (Lipinski definition) is 2. The van der Waals surface area contributed by atoms with Crippen LogP contribution in [-0.4, -0.2) is 36.4 Å². The summed E-state index contributed by atoms with van der Waals surface area (Å²) in [6.45, 7) is 4.42. The monoisotopic (exact) mass is 520 g/mol. The van der Waals surface area contributed by atoms with Gasteiger partial charge in [-0.15, -0.1) is 24.0 Å². The number of guanidine groups is 1. The molecule has 6 heteroatoms. The fraction of sp³-hybridized carbons (Fsp3) is 0.417. The minimum absolute atomic E-state index is 0. The van der Waals surface area contributed by atoms with Crippen molar-refractivity contribution in [3.05, 3.63) is 71.3 Å². The molecule has 2 N–H and O–H groups in total. The van der Waals surface area contributed by atoms with Gasteiger partial charge >= 0.3 is 0 Å². The lowest BCUT2D eigenvalue weighted by molar-refractivity contribution is -0.128. The molecule has 1 saturated heterocycles. The highest BCUT2D eigenvalue weighted by Gasteiger charge is 2.20. The Hall–Kier alpha value is -2.09. The third-order valence-corrected chi connectivity index (χ3v) is 5.41. The summed E-state index contributed by atoms with van der Waals surface area (Å²) in [7, 11) is 1.80. The van der Waals surface area contributed by atoms with Crippen molar-refractivity contribution in [3.63, 3.8) is 0 Å². The molecule has 5 nitrogen and oxygen atoms in total. The van der Waals surface area contributed by atoms with Crippen LogP contribution in [0.4, 0.5) is 0 Å². The smallest absolute Gasteiger partial charge is 0.222 e. The van der Waals surface area contributed by atoms with Crippen LogP contribution in [0.3, 0.4) is 0 Å². The second kappa shape index (κ2) is 12.6. The van der Waals surface area contributed by atoms with Crippen molar-refractivity contribution in [2.24, 2.45) is 4.99 Å². The third-order valence-electron chi connectivity index (χ3n) is 5.41. The molecule has 0 radical (unpaired) electrons. The molecular formula is C24H33IN4O. The fourth-order valence-electron chi connectivity index (χ4n) is 3.67.